The maximum absolute atomic E-state index is 13.0. The van der Waals surface area contributed by atoms with Crippen LogP contribution in [0.1, 0.15) is 30.9 Å². The molecule has 3 rings (SSSR count). The highest BCUT2D eigenvalue weighted by Crippen LogP contribution is 2.37. The second kappa shape index (κ2) is 11.5. The highest BCUT2D eigenvalue weighted by molar-refractivity contribution is 6.32. The van der Waals surface area contributed by atoms with E-state index in [1.165, 1.54) is 12.1 Å². The van der Waals surface area contributed by atoms with Gasteiger partial charge in [0.2, 0.25) is 0 Å². The molecule has 1 aliphatic heterocycles. The van der Waals surface area contributed by atoms with Crippen molar-refractivity contribution in [2.45, 2.75) is 39.0 Å². The number of halogens is 3. The van der Waals surface area contributed by atoms with Gasteiger partial charge in [-0.3, -0.25) is 0 Å². The Bertz CT molecular complexity index is 737. The van der Waals surface area contributed by atoms with Crippen LogP contribution in [-0.2, 0) is 17.9 Å². The van der Waals surface area contributed by atoms with Gasteiger partial charge in [-0.15, -0.1) is 0 Å². The second-order valence-corrected chi connectivity index (χ2v) is 6.93. The molecule has 0 spiro atoms. The van der Waals surface area contributed by atoms with E-state index in [4.69, 9.17) is 25.8 Å². The van der Waals surface area contributed by atoms with Crippen LogP contribution in [0.15, 0.2) is 36.4 Å². The van der Waals surface area contributed by atoms with Crippen LogP contribution in [0.5, 0.6) is 11.5 Å². The first-order valence-electron chi connectivity index (χ1n) is 9.30. The lowest BCUT2D eigenvalue weighted by atomic mass is 10.2. The first-order valence-corrected chi connectivity index (χ1v) is 9.68. The molecule has 2 aromatic carbocycles. The smallest absolute Gasteiger partial charge is 0.180 e. The molecule has 1 N–H and O–H groups in total. The minimum atomic E-state index is -0.272. The van der Waals surface area contributed by atoms with Crippen molar-refractivity contribution in [2.75, 3.05) is 19.8 Å². The largest absolute Gasteiger partial charge is 1.00 e. The number of hydrogen-bond acceptors (Lipinski definition) is 4. The summed E-state index contributed by atoms with van der Waals surface area (Å²) in [5.41, 5.74) is 1.88. The minimum Gasteiger partial charge on any atom is -1.00 e. The summed E-state index contributed by atoms with van der Waals surface area (Å²) in [6.07, 6.45) is 2.53. The van der Waals surface area contributed by atoms with Gasteiger partial charge in [-0.1, -0.05) is 23.7 Å². The van der Waals surface area contributed by atoms with Crippen LogP contribution >= 0.6 is 11.6 Å². The van der Waals surface area contributed by atoms with Gasteiger partial charge in [0, 0.05) is 19.7 Å². The lowest BCUT2D eigenvalue weighted by Crippen LogP contribution is -3.00. The Kier molecular flexibility index (Phi) is 9.32. The Morgan fingerprint density at radius 2 is 1.96 bits per heavy atom. The summed E-state index contributed by atoms with van der Waals surface area (Å²) < 4.78 is 30.2. The number of rotatable bonds is 9. The fourth-order valence-electron chi connectivity index (χ4n) is 3.05. The summed E-state index contributed by atoms with van der Waals surface area (Å²) in [5.74, 6) is 0.846. The van der Waals surface area contributed by atoms with Gasteiger partial charge >= 0.3 is 0 Å². The van der Waals surface area contributed by atoms with E-state index in [-0.39, 0.29) is 24.8 Å². The van der Waals surface area contributed by atoms with Gasteiger partial charge in [0.05, 0.1) is 17.7 Å². The molecular formula is C21H25Cl2FNO3-. The molecule has 0 aromatic heterocycles. The molecule has 1 saturated heterocycles. The Balaban J connectivity index is 0.00000280. The second-order valence-electron chi connectivity index (χ2n) is 6.52. The molecule has 1 atom stereocenters. The monoisotopic (exact) mass is 428 g/mol. The van der Waals surface area contributed by atoms with E-state index in [2.05, 4.69) is 5.32 Å². The zero-order chi connectivity index (χ0) is 19.1. The van der Waals surface area contributed by atoms with E-state index in [0.717, 1.165) is 37.1 Å². The Labute approximate surface area is 176 Å². The summed E-state index contributed by atoms with van der Waals surface area (Å²) in [6.45, 7) is 5.07. The van der Waals surface area contributed by atoms with Gasteiger partial charge in [-0.25, -0.2) is 4.39 Å². The lowest BCUT2D eigenvalue weighted by molar-refractivity contribution is -0.00000813. The van der Waals surface area contributed by atoms with E-state index in [1.807, 2.05) is 19.1 Å². The van der Waals surface area contributed by atoms with E-state index >= 15 is 0 Å². The van der Waals surface area contributed by atoms with Crippen molar-refractivity contribution in [2.24, 2.45) is 0 Å². The molecule has 2 aromatic rings. The molecule has 0 saturated carbocycles. The first-order chi connectivity index (χ1) is 13.2. The molecule has 0 bridgehead atoms. The first kappa shape index (κ1) is 22.8. The van der Waals surface area contributed by atoms with E-state index < -0.39 is 0 Å². The Morgan fingerprint density at radius 1 is 1.18 bits per heavy atom. The van der Waals surface area contributed by atoms with E-state index in [1.54, 1.807) is 12.1 Å². The minimum absolute atomic E-state index is 0. The fourth-order valence-corrected chi connectivity index (χ4v) is 3.33. The third kappa shape index (κ3) is 6.52. The Hall–Kier alpha value is -1.53. The van der Waals surface area contributed by atoms with Gasteiger partial charge in [-0.05, 0) is 55.2 Å². The molecule has 1 unspecified atom stereocenters. The van der Waals surface area contributed by atoms with Gasteiger partial charge in [0.1, 0.15) is 12.4 Å². The molecular weight excluding hydrogens is 404 g/mol. The Morgan fingerprint density at radius 3 is 2.64 bits per heavy atom. The van der Waals surface area contributed by atoms with Crippen LogP contribution in [-0.4, -0.2) is 25.9 Å². The summed E-state index contributed by atoms with van der Waals surface area (Å²) in [7, 11) is 0. The van der Waals surface area contributed by atoms with Gasteiger partial charge in [0.25, 0.3) is 0 Å². The highest BCUT2D eigenvalue weighted by Gasteiger charge is 2.16. The third-order valence-corrected chi connectivity index (χ3v) is 4.67. The molecule has 28 heavy (non-hydrogen) atoms. The predicted molar refractivity (Wildman–Crippen MR) is 104 cm³/mol. The van der Waals surface area contributed by atoms with Crippen molar-refractivity contribution in [3.63, 3.8) is 0 Å². The molecule has 7 heteroatoms. The molecule has 154 valence electrons. The van der Waals surface area contributed by atoms with Gasteiger partial charge < -0.3 is 31.9 Å². The molecule has 1 fully saturated rings. The van der Waals surface area contributed by atoms with Crippen molar-refractivity contribution >= 4 is 11.6 Å². The quantitative estimate of drug-likeness (QED) is 0.660. The number of hydrogen-bond donors (Lipinski definition) is 1. The zero-order valence-corrected chi connectivity index (χ0v) is 17.4. The van der Waals surface area contributed by atoms with Crippen LogP contribution in [0.4, 0.5) is 4.39 Å². The highest BCUT2D eigenvalue weighted by atomic mass is 35.5. The summed E-state index contributed by atoms with van der Waals surface area (Å²) in [4.78, 5) is 0. The van der Waals surface area contributed by atoms with Crippen LogP contribution in [0.25, 0.3) is 0 Å². The van der Waals surface area contributed by atoms with Crippen molar-refractivity contribution in [3.05, 3.63) is 58.4 Å². The van der Waals surface area contributed by atoms with Crippen LogP contribution in [0, 0.1) is 5.82 Å². The predicted octanol–water partition coefficient (Wildman–Crippen LogP) is 1.73. The van der Waals surface area contributed by atoms with Crippen LogP contribution < -0.4 is 27.2 Å². The number of benzene rings is 2. The van der Waals surface area contributed by atoms with Crippen molar-refractivity contribution in [3.8, 4) is 11.5 Å². The maximum Gasteiger partial charge on any atom is 0.180 e. The maximum atomic E-state index is 13.0. The average molecular weight is 429 g/mol. The summed E-state index contributed by atoms with van der Waals surface area (Å²) in [6, 6.07) is 10.0. The van der Waals surface area contributed by atoms with Crippen LogP contribution in [0.3, 0.4) is 0 Å². The average Bonchev–Trinajstić information content (AvgIpc) is 3.16. The molecule has 0 aliphatic carbocycles. The molecule has 0 amide bonds. The standard InChI is InChI=1S/C21H25ClFNO3.ClH/c1-2-25-20-11-16(12-24-13-18-4-3-9-26-18)10-19(22)21(20)27-14-15-5-7-17(23)8-6-15;/h5-8,10-11,18,24H,2-4,9,12-14H2,1H3;1H/p-1. The molecule has 4 nitrogen and oxygen atoms in total. The lowest BCUT2D eigenvalue weighted by Gasteiger charge is -2.16. The number of ether oxygens (including phenoxy) is 3. The zero-order valence-electron chi connectivity index (χ0n) is 15.8. The molecule has 0 radical (unpaired) electrons. The molecule has 1 aliphatic rings. The van der Waals surface area contributed by atoms with E-state index in [9.17, 15) is 4.39 Å². The van der Waals surface area contributed by atoms with Crippen molar-refractivity contribution < 1.29 is 31.0 Å². The van der Waals surface area contributed by atoms with E-state index in [0.29, 0.717) is 35.8 Å². The SMILES string of the molecule is CCOc1cc(CNCC2CCCO2)cc(Cl)c1OCc1ccc(F)cc1.[Cl-]. The number of nitrogens with one attached hydrogen (secondary N) is 1. The summed E-state index contributed by atoms with van der Waals surface area (Å²) >= 11 is 6.45. The van der Waals surface area contributed by atoms with Gasteiger partial charge in [0.15, 0.2) is 11.5 Å². The van der Waals surface area contributed by atoms with Crippen LogP contribution in [0.2, 0.25) is 5.02 Å². The fraction of sp³-hybridized carbons (Fsp3) is 0.429. The normalized spacial score (nSPS) is 15.9. The third-order valence-electron chi connectivity index (χ3n) is 4.39. The summed E-state index contributed by atoms with van der Waals surface area (Å²) in [5, 5.41) is 3.90. The van der Waals surface area contributed by atoms with Gasteiger partial charge in [-0.2, -0.15) is 0 Å². The molecule has 1 heterocycles. The van der Waals surface area contributed by atoms with Crippen molar-refractivity contribution in [1.82, 2.24) is 5.32 Å². The van der Waals surface area contributed by atoms with Crippen molar-refractivity contribution in [1.29, 1.82) is 0 Å². The topological polar surface area (TPSA) is 39.7 Å².